The van der Waals surface area contributed by atoms with Crippen LogP contribution in [0.1, 0.15) is 98.2 Å². The molecule has 0 aromatic heterocycles. The van der Waals surface area contributed by atoms with Gasteiger partial charge in [-0.05, 0) is 54.4 Å². The Bertz CT molecular complexity index is 961. The molecule has 0 fully saturated rings. The smallest absolute Gasteiger partial charge is 0.423 e. The first-order valence-corrected chi connectivity index (χ1v) is 11.9. The highest BCUT2D eigenvalue weighted by Gasteiger charge is 2.26. The molecule has 2 amide bonds. The van der Waals surface area contributed by atoms with Crippen LogP contribution >= 0.6 is 0 Å². The standard InChI is InChI=1S/C24H33BN2O4.C3H8/c1-15(2)21-13-19(25(30)31)8-9-20(21)22(28)26-27(14-24(5,6)7)23(29)18-11-16(3)10-17(4)12-18;1-3-2/h8-13,15,30-31H,14H2,1-7H3,(H,26,28);3H2,1-2H3. The van der Waals surface area contributed by atoms with Gasteiger partial charge < -0.3 is 10.0 Å². The molecule has 0 saturated heterocycles. The largest absolute Gasteiger partial charge is 0.488 e. The number of hydrazine groups is 1. The number of amides is 2. The van der Waals surface area contributed by atoms with Crippen LogP contribution in [0, 0.1) is 19.3 Å². The van der Waals surface area contributed by atoms with E-state index in [1.165, 1.54) is 17.5 Å². The van der Waals surface area contributed by atoms with Crippen molar-refractivity contribution < 1.29 is 19.6 Å². The fraction of sp³-hybridized carbons (Fsp3) is 0.481. The molecule has 0 heterocycles. The molecule has 0 aliphatic carbocycles. The zero-order valence-corrected chi connectivity index (χ0v) is 22.2. The Balaban J connectivity index is 0.00000182. The highest BCUT2D eigenvalue weighted by molar-refractivity contribution is 6.58. The van der Waals surface area contributed by atoms with Gasteiger partial charge in [-0.25, -0.2) is 5.01 Å². The van der Waals surface area contributed by atoms with Crippen LogP contribution in [0.25, 0.3) is 0 Å². The van der Waals surface area contributed by atoms with Crippen molar-refractivity contribution in [1.82, 2.24) is 10.4 Å². The summed E-state index contributed by atoms with van der Waals surface area (Å²) >= 11 is 0. The molecule has 186 valence electrons. The summed E-state index contributed by atoms with van der Waals surface area (Å²) in [6.45, 7) is 18.3. The quantitative estimate of drug-likeness (QED) is 0.450. The van der Waals surface area contributed by atoms with Gasteiger partial charge in [-0.1, -0.05) is 84.2 Å². The minimum Gasteiger partial charge on any atom is -0.423 e. The molecule has 0 radical (unpaired) electrons. The monoisotopic (exact) mass is 468 g/mol. The molecule has 0 bridgehead atoms. The van der Waals surface area contributed by atoms with Gasteiger partial charge in [0.1, 0.15) is 0 Å². The minimum absolute atomic E-state index is 0.0226. The normalized spacial score (nSPS) is 10.9. The molecule has 0 aliphatic heterocycles. The Labute approximate surface area is 205 Å². The summed E-state index contributed by atoms with van der Waals surface area (Å²) in [5.41, 5.74) is 6.41. The molecular formula is C27H41BN2O4. The number of carbonyl (C=O) groups is 2. The SMILES string of the molecule is CCC.Cc1cc(C)cc(C(=O)N(CC(C)(C)C)NC(=O)c2ccc(B(O)O)cc2C(C)C)c1. The van der Waals surface area contributed by atoms with Crippen LogP contribution in [-0.2, 0) is 0 Å². The molecule has 2 rings (SSSR count). The van der Waals surface area contributed by atoms with Gasteiger partial charge in [-0.2, -0.15) is 0 Å². The maximum Gasteiger partial charge on any atom is 0.488 e. The second-order valence-corrected chi connectivity index (χ2v) is 10.4. The molecule has 0 saturated carbocycles. The summed E-state index contributed by atoms with van der Waals surface area (Å²) < 4.78 is 0. The molecule has 6 nitrogen and oxygen atoms in total. The van der Waals surface area contributed by atoms with E-state index in [-0.39, 0.29) is 17.2 Å². The molecular weight excluding hydrogens is 427 g/mol. The minimum atomic E-state index is -1.61. The molecule has 0 aliphatic rings. The van der Waals surface area contributed by atoms with E-state index in [4.69, 9.17) is 0 Å². The third-order valence-electron chi connectivity index (χ3n) is 4.82. The first kappa shape index (κ1) is 29.4. The number of benzene rings is 2. The molecule has 0 atom stereocenters. The van der Waals surface area contributed by atoms with Crippen molar-refractivity contribution in [2.24, 2.45) is 5.41 Å². The van der Waals surface area contributed by atoms with Crippen LogP contribution in [0.5, 0.6) is 0 Å². The van der Waals surface area contributed by atoms with E-state index in [0.29, 0.717) is 28.7 Å². The maximum absolute atomic E-state index is 13.3. The molecule has 3 N–H and O–H groups in total. The number of aryl methyl sites for hydroxylation is 2. The second kappa shape index (κ2) is 12.7. The highest BCUT2D eigenvalue weighted by Crippen LogP contribution is 2.21. The predicted molar refractivity (Wildman–Crippen MR) is 140 cm³/mol. The van der Waals surface area contributed by atoms with Gasteiger partial charge in [0.05, 0.1) is 0 Å². The van der Waals surface area contributed by atoms with Crippen molar-refractivity contribution in [1.29, 1.82) is 0 Å². The number of nitrogens with one attached hydrogen (secondary N) is 1. The van der Waals surface area contributed by atoms with Gasteiger partial charge in [-0.3, -0.25) is 15.0 Å². The summed E-state index contributed by atoms with van der Waals surface area (Å²) in [6, 6.07) is 10.3. The molecule has 0 unspecified atom stereocenters. The van der Waals surface area contributed by atoms with Crippen molar-refractivity contribution in [3.63, 3.8) is 0 Å². The first-order valence-electron chi connectivity index (χ1n) is 11.9. The zero-order valence-electron chi connectivity index (χ0n) is 22.2. The van der Waals surface area contributed by atoms with Crippen molar-refractivity contribution >= 4 is 24.4 Å². The van der Waals surface area contributed by atoms with Gasteiger partial charge in [0.15, 0.2) is 0 Å². The van der Waals surface area contributed by atoms with Crippen LogP contribution in [0.15, 0.2) is 36.4 Å². The number of rotatable bonds is 5. The number of hydrogen-bond donors (Lipinski definition) is 3. The van der Waals surface area contributed by atoms with E-state index in [0.717, 1.165) is 11.1 Å². The van der Waals surface area contributed by atoms with E-state index in [1.807, 2.05) is 66.7 Å². The fourth-order valence-corrected chi connectivity index (χ4v) is 3.50. The van der Waals surface area contributed by atoms with Gasteiger partial charge >= 0.3 is 7.12 Å². The Morgan fingerprint density at radius 2 is 1.53 bits per heavy atom. The van der Waals surface area contributed by atoms with E-state index in [9.17, 15) is 19.6 Å². The Morgan fingerprint density at radius 1 is 1.00 bits per heavy atom. The van der Waals surface area contributed by atoms with Gasteiger partial charge in [0, 0.05) is 17.7 Å². The average Bonchev–Trinajstić information content (AvgIpc) is 2.71. The number of hydrogen-bond acceptors (Lipinski definition) is 4. The topological polar surface area (TPSA) is 89.9 Å². The lowest BCUT2D eigenvalue weighted by Gasteiger charge is -2.31. The molecule has 0 spiro atoms. The van der Waals surface area contributed by atoms with Gasteiger partial charge in [0.25, 0.3) is 11.8 Å². The van der Waals surface area contributed by atoms with Crippen molar-refractivity contribution in [2.45, 2.75) is 74.7 Å². The Hall–Kier alpha value is -2.64. The Morgan fingerprint density at radius 3 is 1.97 bits per heavy atom. The van der Waals surface area contributed by atoms with Crippen molar-refractivity contribution in [3.05, 3.63) is 64.2 Å². The van der Waals surface area contributed by atoms with Gasteiger partial charge in [0.2, 0.25) is 0 Å². The van der Waals surface area contributed by atoms with Crippen LogP contribution in [0.4, 0.5) is 0 Å². The molecule has 34 heavy (non-hydrogen) atoms. The van der Waals surface area contributed by atoms with E-state index in [1.54, 1.807) is 12.1 Å². The zero-order chi connectivity index (χ0) is 26.2. The maximum atomic E-state index is 13.3. The van der Waals surface area contributed by atoms with Crippen LogP contribution < -0.4 is 10.9 Å². The fourth-order valence-electron chi connectivity index (χ4n) is 3.50. The van der Waals surface area contributed by atoms with E-state index in [2.05, 4.69) is 19.3 Å². The van der Waals surface area contributed by atoms with Crippen molar-refractivity contribution in [3.8, 4) is 0 Å². The first-order chi connectivity index (χ1) is 15.7. The average molecular weight is 468 g/mol. The summed E-state index contributed by atoms with van der Waals surface area (Å²) in [7, 11) is -1.61. The third kappa shape index (κ3) is 8.95. The van der Waals surface area contributed by atoms with E-state index < -0.39 is 13.0 Å². The summed E-state index contributed by atoms with van der Waals surface area (Å²) in [4.78, 5) is 26.5. The lowest BCUT2D eigenvalue weighted by atomic mass is 9.77. The van der Waals surface area contributed by atoms with Crippen LogP contribution in [0.3, 0.4) is 0 Å². The van der Waals surface area contributed by atoms with E-state index >= 15 is 0 Å². The van der Waals surface area contributed by atoms with Crippen molar-refractivity contribution in [2.75, 3.05) is 6.54 Å². The number of nitrogens with zero attached hydrogens (tertiary/aromatic N) is 1. The number of carbonyl (C=O) groups excluding carboxylic acids is 2. The molecule has 7 heteroatoms. The summed E-state index contributed by atoms with van der Waals surface area (Å²) in [6.07, 6.45) is 1.25. The third-order valence-corrected chi connectivity index (χ3v) is 4.82. The van der Waals surface area contributed by atoms with Gasteiger partial charge in [-0.15, -0.1) is 0 Å². The highest BCUT2D eigenvalue weighted by atomic mass is 16.4. The lowest BCUT2D eigenvalue weighted by molar-refractivity contribution is 0.0508. The lowest BCUT2D eigenvalue weighted by Crippen LogP contribution is -2.50. The summed E-state index contributed by atoms with van der Waals surface area (Å²) in [5, 5.41) is 20.3. The Kier molecular flexibility index (Phi) is 11.0. The molecule has 2 aromatic carbocycles. The summed E-state index contributed by atoms with van der Waals surface area (Å²) in [5.74, 6) is -0.709. The molecule has 2 aromatic rings. The predicted octanol–water partition coefficient (Wildman–Crippen LogP) is 4.36. The van der Waals surface area contributed by atoms with Crippen LogP contribution in [0.2, 0.25) is 0 Å². The second-order valence-electron chi connectivity index (χ2n) is 10.4. The van der Waals surface area contributed by atoms with Crippen LogP contribution in [-0.4, -0.2) is 40.5 Å².